The predicted octanol–water partition coefficient (Wildman–Crippen LogP) is -1.79. The second-order valence-corrected chi connectivity index (χ2v) is 3.02. The van der Waals surface area contributed by atoms with Crippen LogP contribution in [0.4, 0.5) is 0 Å². The molecule has 0 aliphatic heterocycles. The molecular formula is C2H7NO4P+. The maximum Gasteiger partial charge on any atom is 0.413 e. The molecule has 1 amide bonds. The fourth-order valence-electron chi connectivity index (χ4n) is 0.209. The summed E-state index contributed by atoms with van der Waals surface area (Å²) in [6.07, 6.45) is -0.757. The molecule has 0 rings (SSSR count). The van der Waals surface area contributed by atoms with Gasteiger partial charge in [-0.3, -0.25) is 4.79 Å². The molecular weight excluding hydrogens is 133 g/mol. The van der Waals surface area contributed by atoms with Crippen LogP contribution in [0.5, 0.6) is 0 Å². The summed E-state index contributed by atoms with van der Waals surface area (Å²) in [5, 5.41) is 0. The number of carbonyl (C=O) groups is 1. The first-order chi connectivity index (χ1) is 3.42. The van der Waals surface area contributed by atoms with E-state index in [1.807, 2.05) is 0 Å². The number of amides is 1. The average molecular weight is 140 g/mol. The fraction of sp³-hybridized carbons (Fsp3) is 0.500. The van der Waals surface area contributed by atoms with Crippen LogP contribution < -0.4 is 5.73 Å². The van der Waals surface area contributed by atoms with E-state index in [9.17, 15) is 4.79 Å². The third-order valence-electron chi connectivity index (χ3n) is 0.368. The van der Waals surface area contributed by atoms with Gasteiger partial charge in [0.15, 0.2) is 0 Å². The van der Waals surface area contributed by atoms with Gasteiger partial charge in [0.25, 0.3) is 5.91 Å². The molecule has 5 nitrogen and oxygen atoms in total. The lowest BCUT2D eigenvalue weighted by molar-refractivity contribution is -0.115. The van der Waals surface area contributed by atoms with Crippen LogP contribution in [0.2, 0.25) is 0 Å². The summed E-state index contributed by atoms with van der Waals surface area (Å²) < 4.78 is 0. The summed E-state index contributed by atoms with van der Waals surface area (Å²) >= 11 is 0. The summed E-state index contributed by atoms with van der Waals surface area (Å²) in [7, 11) is -3.95. The number of carbonyl (C=O) groups excluding carboxylic acids is 1. The monoisotopic (exact) mass is 140 g/mol. The second kappa shape index (κ2) is 2.37. The molecule has 0 aromatic carbocycles. The van der Waals surface area contributed by atoms with Crippen LogP contribution in [0, 0.1) is 0 Å². The van der Waals surface area contributed by atoms with Gasteiger partial charge in [-0.25, -0.2) is 0 Å². The molecule has 0 atom stereocenters. The van der Waals surface area contributed by atoms with Crippen LogP contribution in [0.3, 0.4) is 0 Å². The number of primary amides is 1. The van der Waals surface area contributed by atoms with Gasteiger partial charge in [0.2, 0.25) is 6.16 Å². The van der Waals surface area contributed by atoms with Crippen molar-refractivity contribution >= 4 is 13.9 Å². The minimum Gasteiger partial charge on any atom is -0.366 e. The van der Waals surface area contributed by atoms with E-state index in [-0.39, 0.29) is 0 Å². The van der Waals surface area contributed by atoms with E-state index in [4.69, 9.17) is 14.7 Å². The van der Waals surface area contributed by atoms with Crippen molar-refractivity contribution in [3.8, 4) is 0 Å². The normalized spacial score (nSPS) is 11.4. The lowest BCUT2D eigenvalue weighted by atomic mass is 10.8. The largest absolute Gasteiger partial charge is 0.413 e. The van der Waals surface area contributed by atoms with Gasteiger partial charge in [-0.1, -0.05) is 0 Å². The Morgan fingerprint density at radius 1 is 1.50 bits per heavy atom. The zero-order valence-corrected chi connectivity index (χ0v) is 4.88. The smallest absolute Gasteiger partial charge is 0.366 e. The highest BCUT2D eigenvalue weighted by atomic mass is 31.2. The van der Waals surface area contributed by atoms with Gasteiger partial charge in [-0.05, 0) is 0 Å². The van der Waals surface area contributed by atoms with Crippen molar-refractivity contribution in [3.63, 3.8) is 0 Å². The number of nitrogens with two attached hydrogens (primary N) is 1. The summed E-state index contributed by atoms with van der Waals surface area (Å²) in [6, 6.07) is 0. The topological polar surface area (TPSA) is 104 Å². The van der Waals surface area contributed by atoms with Crippen molar-refractivity contribution in [2.75, 3.05) is 6.16 Å². The molecule has 0 aliphatic rings. The summed E-state index contributed by atoms with van der Waals surface area (Å²) in [5.74, 6) is -0.925. The van der Waals surface area contributed by atoms with Crippen molar-refractivity contribution in [2.24, 2.45) is 5.73 Å². The Morgan fingerprint density at radius 2 is 1.88 bits per heavy atom. The average Bonchev–Trinajstić information content (AvgIpc) is 1.21. The van der Waals surface area contributed by atoms with E-state index in [0.717, 1.165) is 0 Å². The zero-order valence-electron chi connectivity index (χ0n) is 3.98. The Bertz CT molecular complexity index is 96.7. The van der Waals surface area contributed by atoms with Gasteiger partial charge >= 0.3 is 7.94 Å². The van der Waals surface area contributed by atoms with Crippen molar-refractivity contribution < 1.29 is 19.5 Å². The van der Waals surface area contributed by atoms with Crippen LogP contribution in [-0.2, 0) is 4.79 Å². The van der Waals surface area contributed by atoms with Gasteiger partial charge in [0.1, 0.15) is 0 Å². The first-order valence-corrected chi connectivity index (χ1v) is 3.60. The van der Waals surface area contributed by atoms with E-state index in [1.165, 1.54) is 0 Å². The molecule has 0 aliphatic carbocycles. The predicted molar refractivity (Wildman–Crippen MR) is 27.6 cm³/mol. The third kappa shape index (κ3) is 5.78. The van der Waals surface area contributed by atoms with Gasteiger partial charge < -0.3 is 5.73 Å². The van der Waals surface area contributed by atoms with Crippen LogP contribution in [0.1, 0.15) is 0 Å². The molecule has 0 saturated heterocycles. The van der Waals surface area contributed by atoms with Crippen LogP contribution >= 0.6 is 7.94 Å². The van der Waals surface area contributed by atoms with E-state index in [0.29, 0.717) is 0 Å². The fourth-order valence-corrected chi connectivity index (χ4v) is 0.627. The first kappa shape index (κ1) is 7.78. The first-order valence-electron chi connectivity index (χ1n) is 1.76. The molecule has 0 bridgehead atoms. The third-order valence-corrected chi connectivity index (χ3v) is 1.10. The Labute approximate surface area is 46.3 Å². The van der Waals surface area contributed by atoms with Gasteiger partial charge in [-0.15, -0.1) is 0 Å². The van der Waals surface area contributed by atoms with Crippen molar-refractivity contribution in [1.82, 2.24) is 0 Å². The van der Waals surface area contributed by atoms with Crippen molar-refractivity contribution in [2.45, 2.75) is 0 Å². The van der Waals surface area contributed by atoms with E-state index in [1.54, 1.807) is 0 Å². The Morgan fingerprint density at radius 3 is 1.88 bits per heavy atom. The second-order valence-electron chi connectivity index (χ2n) is 1.32. The van der Waals surface area contributed by atoms with Gasteiger partial charge in [-0.2, -0.15) is 14.7 Å². The Balaban J connectivity index is 3.55. The Kier molecular flexibility index (Phi) is 2.30. The molecule has 0 saturated carbocycles. The molecule has 8 heavy (non-hydrogen) atoms. The standard InChI is InChI=1S/C2H6NO4P/c3-2(4)1-8(5,6)7/h5-7H,1H2,(H-,3,4)/p+1. The highest BCUT2D eigenvalue weighted by molar-refractivity contribution is 7.59. The summed E-state index contributed by atoms with van der Waals surface area (Å²) in [5.41, 5.74) is 4.49. The van der Waals surface area contributed by atoms with E-state index < -0.39 is 20.0 Å². The van der Waals surface area contributed by atoms with E-state index in [2.05, 4.69) is 5.73 Å². The maximum absolute atomic E-state index is 9.78. The van der Waals surface area contributed by atoms with Crippen molar-refractivity contribution in [1.29, 1.82) is 0 Å². The summed E-state index contributed by atoms with van der Waals surface area (Å²) in [4.78, 5) is 34.1. The molecule has 0 unspecified atom stereocenters. The molecule has 0 radical (unpaired) electrons. The zero-order chi connectivity index (χ0) is 6.78. The highest BCUT2D eigenvalue weighted by Gasteiger charge is 2.32. The minimum atomic E-state index is -3.95. The molecule has 0 aromatic rings. The van der Waals surface area contributed by atoms with Crippen LogP contribution in [-0.4, -0.2) is 26.7 Å². The van der Waals surface area contributed by atoms with Crippen LogP contribution in [0.15, 0.2) is 0 Å². The SMILES string of the molecule is NC(=O)C[P+](O)(O)O. The number of hydrogen-bond acceptors (Lipinski definition) is 4. The van der Waals surface area contributed by atoms with Crippen LogP contribution in [0.25, 0.3) is 0 Å². The number of rotatable bonds is 2. The van der Waals surface area contributed by atoms with E-state index >= 15 is 0 Å². The molecule has 6 heteroatoms. The molecule has 0 heterocycles. The number of hydrogen-bond donors (Lipinski definition) is 4. The minimum absolute atomic E-state index is 0.757. The molecule has 0 spiro atoms. The quantitative estimate of drug-likeness (QED) is 0.340. The molecule has 5 N–H and O–H groups in total. The summed E-state index contributed by atoms with van der Waals surface area (Å²) in [6.45, 7) is 0. The maximum atomic E-state index is 9.78. The van der Waals surface area contributed by atoms with Gasteiger partial charge in [0.05, 0.1) is 0 Å². The van der Waals surface area contributed by atoms with Crippen molar-refractivity contribution in [3.05, 3.63) is 0 Å². The molecule has 48 valence electrons. The molecule has 0 aromatic heterocycles. The highest BCUT2D eigenvalue weighted by Crippen LogP contribution is 2.43. The Hall–Kier alpha value is -0.220. The molecule has 0 fully saturated rings. The lowest BCUT2D eigenvalue weighted by Gasteiger charge is -1.97. The lowest BCUT2D eigenvalue weighted by Crippen LogP contribution is -2.17. The van der Waals surface area contributed by atoms with Gasteiger partial charge in [0, 0.05) is 0 Å².